The molecule has 3 N–H and O–H groups in total. The van der Waals surface area contributed by atoms with Crippen LogP contribution >= 0.6 is 15.6 Å². The molecule has 0 aliphatic heterocycles. The molecule has 0 aliphatic rings. The van der Waals surface area contributed by atoms with Crippen LogP contribution in [-0.4, -0.2) is 96.7 Å². The molecule has 558 valence electrons. The molecular weight excluding hydrogens is 1230 g/mol. The van der Waals surface area contributed by atoms with Crippen molar-refractivity contribution in [1.82, 2.24) is 0 Å². The van der Waals surface area contributed by atoms with Crippen LogP contribution in [0.4, 0.5) is 0 Å². The Labute approximate surface area is 575 Å². The Morgan fingerprint density at radius 2 is 0.489 bits per heavy atom. The van der Waals surface area contributed by atoms with Gasteiger partial charge in [-0.2, -0.15) is 0 Å². The lowest BCUT2D eigenvalue weighted by atomic mass is 10.0. The summed E-state index contributed by atoms with van der Waals surface area (Å²) in [6.07, 6.45) is 56.8. The van der Waals surface area contributed by atoms with Crippen LogP contribution in [0, 0.1) is 5.92 Å². The Morgan fingerprint density at radius 3 is 0.723 bits per heavy atom. The van der Waals surface area contributed by atoms with Crippen molar-refractivity contribution in [3.05, 3.63) is 0 Å². The van der Waals surface area contributed by atoms with E-state index in [0.717, 1.165) is 95.8 Å². The molecule has 0 saturated carbocycles. The summed E-state index contributed by atoms with van der Waals surface area (Å²) in [6, 6.07) is 0. The zero-order valence-corrected chi connectivity index (χ0v) is 62.9. The molecule has 0 bridgehead atoms. The lowest BCUT2D eigenvalue weighted by Gasteiger charge is -2.21. The number of carbonyl (C=O) groups is 4. The number of rotatable bonds is 75. The number of hydrogen-bond acceptors (Lipinski definition) is 15. The molecule has 0 aliphatic carbocycles. The van der Waals surface area contributed by atoms with Crippen LogP contribution in [0.15, 0.2) is 0 Å². The van der Waals surface area contributed by atoms with Crippen LogP contribution in [-0.2, 0) is 65.4 Å². The third kappa shape index (κ3) is 68.6. The summed E-state index contributed by atoms with van der Waals surface area (Å²) in [4.78, 5) is 72.7. The number of ether oxygens (including phenoxy) is 4. The topological polar surface area (TPSA) is 237 Å². The van der Waals surface area contributed by atoms with Crippen molar-refractivity contribution in [2.45, 2.75) is 412 Å². The van der Waals surface area contributed by atoms with E-state index < -0.39 is 97.5 Å². The molecule has 0 aromatic carbocycles. The monoisotopic (exact) mass is 1380 g/mol. The third-order valence-electron chi connectivity index (χ3n) is 17.5. The second-order valence-electron chi connectivity index (χ2n) is 27.5. The lowest BCUT2D eigenvalue weighted by Crippen LogP contribution is -2.30. The number of unbranched alkanes of at least 4 members (excludes halogenated alkanes) is 47. The highest BCUT2D eigenvalue weighted by Crippen LogP contribution is 2.45. The molecule has 0 heterocycles. The van der Waals surface area contributed by atoms with Gasteiger partial charge in [-0.25, -0.2) is 9.13 Å². The van der Waals surface area contributed by atoms with Gasteiger partial charge >= 0.3 is 39.5 Å². The highest BCUT2D eigenvalue weighted by atomic mass is 31.2. The summed E-state index contributed by atoms with van der Waals surface area (Å²) >= 11 is 0. The summed E-state index contributed by atoms with van der Waals surface area (Å²) in [5.41, 5.74) is 0. The minimum absolute atomic E-state index is 0.107. The normalized spacial score (nSPS) is 14.0. The minimum Gasteiger partial charge on any atom is -0.462 e. The summed E-state index contributed by atoms with van der Waals surface area (Å²) < 4.78 is 68.4. The predicted molar refractivity (Wildman–Crippen MR) is 382 cm³/mol. The van der Waals surface area contributed by atoms with Crippen molar-refractivity contribution in [3.8, 4) is 0 Å². The average Bonchev–Trinajstić information content (AvgIpc) is 2.76. The second kappa shape index (κ2) is 68.2. The Morgan fingerprint density at radius 1 is 0.287 bits per heavy atom. The smallest absolute Gasteiger partial charge is 0.462 e. The van der Waals surface area contributed by atoms with Crippen LogP contribution in [0.3, 0.4) is 0 Å². The first-order valence-corrected chi connectivity index (χ1v) is 42.1. The van der Waals surface area contributed by atoms with Crippen LogP contribution in [0.5, 0.6) is 0 Å². The van der Waals surface area contributed by atoms with E-state index in [1.807, 2.05) is 0 Å². The maximum absolute atomic E-state index is 13.1. The van der Waals surface area contributed by atoms with Gasteiger partial charge in [0.15, 0.2) is 12.2 Å². The predicted octanol–water partition coefficient (Wildman–Crippen LogP) is 22.1. The second-order valence-corrected chi connectivity index (χ2v) is 30.4. The third-order valence-corrected chi connectivity index (χ3v) is 19.4. The van der Waals surface area contributed by atoms with Gasteiger partial charge in [-0.3, -0.25) is 37.3 Å². The van der Waals surface area contributed by atoms with E-state index in [2.05, 4.69) is 34.6 Å². The van der Waals surface area contributed by atoms with Crippen molar-refractivity contribution in [3.63, 3.8) is 0 Å². The molecule has 0 radical (unpaired) electrons. The number of phosphoric acid groups is 2. The standard InChI is InChI=1S/C75H146O17P2/c1-6-9-12-15-18-21-23-24-25-26-27-28-31-36-41-46-51-56-61-75(80)92-71(65-86-73(78)59-54-49-44-39-35-32-29-30-34-38-42-47-52-57-68(4)5)67-90-94(83,84)88-63-69(76)62-87-93(81,82)89-66-70(64-85-72(77)58-53-48-43-37-20-17-14-11-8-3)91-74(79)60-55-50-45-40-33-22-19-16-13-10-7-2/h68-71,76H,6-67H2,1-5H3,(H,81,82)(H,83,84)/t69-,70+,71+/m0/s1. The van der Waals surface area contributed by atoms with Crippen LogP contribution in [0.1, 0.15) is 394 Å². The molecule has 19 heteroatoms. The summed E-state index contributed by atoms with van der Waals surface area (Å²) in [6.45, 7) is 7.29. The molecule has 0 spiro atoms. The number of phosphoric ester groups is 2. The Hall–Kier alpha value is -1.94. The number of aliphatic hydroxyl groups excluding tert-OH is 1. The first-order chi connectivity index (χ1) is 45.5. The SMILES string of the molecule is CCCCCCCCCCCCCCCCCCCCC(=O)O[C@H](COC(=O)CCCCCCCCCCCCCCCC(C)C)COP(=O)(O)OC[C@@H](O)COP(=O)(O)OC[C@@H](COC(=O)CCCCCCCCCCC)OC(=O)CCCCCCCCCCCCC. The Balaban J connectivity index is 5.21. The van der Waals surface area contributed by atoms with Gasteiger partial charge < -0.3 is 33.8 Å². The van der Waals surface area contributed by atoms with Crippen LogP contribution in [0.25, 0.3) is 0 Å². The molecule has 0 fully saturated rings. The molecule has 0 amide bonds. The molecule has 2 unspecified atom stereocenters. The molecule has 0 aromatic rings. The van der Waals surface area contributed by atoms with Crippen molar-refractivity contribution in [1.29, 1.82) is 0 Å². The van der Waals surface area contributed by atoms with E-state index in [4.69, 9.17) is 37.0 Å². The van der Waals surface area contributed by atoms with Gasteiger partial charge in [0, 0.05) is 25.7 Å². The Kier molecular flexibility index (Phi) is 66.8. The van der Waals surface area contributed by atoms with Gasteiger partial charge in [0.1, 0.15) is 19.3 Å². The van der Waals surface area contributed by atoms with Gasteiger partial charge in [0.25, 0.3) is 0 Å². The van der Waals surface area contributed by atoms with Crippen LogP contribution in [0.2, 0.25) is 0 Å². The molecule has 0 aromatic heterocycles. The first kappa shape index (κ1) is 92.1. The van der Waals surface area contributed by atoms with E-state index in [-0.39, 0.29) is 25.7 Å². The van der Waals surface area contributed by atoms with Gasteiger partial charge in [-0.15, -0.1) is 0 Å². The van der Waals surface area contributed by atoms with Crippen molar-refractivity contribution in [2.24, 2.45) is 5.92 Å². The molecule has 17 nitrogen and oxygen atoms in total. The molecule has 0 rings (SSSR count). The van der Waals surface area contributed by atoms with E-state index in [9.17, 15) is 43.2 Å². The number of esters is 4. The summed E-state index contributed by atoms with van der Waals surface area (Å²) in [5, 5.41) is 10.6. The maximum atomic E-state index is 13.1. The van der Waals surface area contributed by atoms with Gasteiger partial charge in [-0.05, 0) is 31.6 Å². The lowest BCUT2D eigenvalue weighted by molar-refractivity contribution is -0.161. The van der Waals surface area contributed by atoms with Crippen molar-refractivity contribution >= 4 is 39.5 Å². The van der Waals surface area contributed by atoms with E-state index >= 15 is 0 Å². The number of aliphatic hydroxyl groups is 1. The summed E-state index contributed by atoms with van der Waals surface area (Å²) in [5.74, 6) is -1.32. The van der Waals surface area contributed by atoms with Crippen molar-refractivity contribution in [2.75, 3.05) is 39.6 Å². The quantitative estimate of drug-likeness (QED) is 0.0222. The fourth-order valence-corrected chi connectivity index (χ4v) is 13.1. The van der Waals surface area contributed by atoms with E-state index in [0.29, 0.717) is 25.7 Å². The fourth-order valence-electron chi connectivity index (χ4n) is 11.5. The highest BCUT2D eigenvalue weighted by molar-refractivity contribution is 7.47. The fraction of sp³-hybridized carbons (Fsp3) is 0.947. The number of hydrogen-bond donors (Lipinski definition) is 3. The van der Waals surface area contributed by atoms with E-state index in [1.165, 1.54) is 218 Å². The van der Waals surface area contributed by atoms with E-state index in [1.54, 1.807) is 0 Å². The molecule has 94 heavy (non-hydrogen) atoms. The van der Waals surface area contributed by atoms with Gasteiger partial charge in [0.05, 0.1) is 26.4 Å². The first-order valence-electron chi connectivity index (χ1n) is 39.1. The maximum Gasteiger partial charge on any atom is 0.472 e. The zero-order valence-electron chi connectivity index (χ0n) is 61.1. The zero-order chi connectivity index (χ0) is 69.1. The largest absolute Gasteiger partial charge is 0.472 e. The minimum atomic E-state index is -4.96. The van der Waals surface area contributed by atoms with Crippen LogP contribution < -0.4 is 0 Å². The van der Waals surface area contributed by atoms with Gasteiger partial charge in [0.2, 0.25) is 0 Å². The van der Waals surface area contributed by atoms with Gasteiger partial charge in [-0.1, -0.05) is 343 Å². The molecule has 0 saturated heterocycles. The highest BCUT2D eigenvalue weighted by Gasteiger charge is 2.30. The van der Waals surface area contributed by atoms with Crippen molar-refractivity contribution < 1.29 is 80.2 Å². The number of carbonyl (C=O) groups excluding carboxylic acids is 4. The molecule has 5 atom stereocenters. The molecular formula is C75H146O17P2. The Bertz CT molecular complexity index is 1810. The summed E-state index contributed by atoms with van der Waals surface area (Å²) in [7, 11) is -9.90. The average molecular weight is 1380 g/mol.